The van der Waals surface area contributed by atoms with Crippen molar-refractivity contribution in [3.05, 3.63) is 39.1 Å². The molecule has 12 heteroatoms. The molecule has 2 aromatic rings. The molecule has 3 heterocycles. The fourth-order valence-corrected chi connectivity index (χ4v) is 3.13. The summed E-state index contributed by atoms with van der Waals surface area (Å²) in [7, 11) is 1.53. The SMILES string of the molecule is CNC(=O)Cc1csc(NC(=O)C2CN(C(=O)c3ccc([N+](=O)[O-])o3)C2)n1. The van der Waals surface area contributed by atoms with Gasteiger partial charge < -0.3 is 20.0 Å². The summed E-state index contributed by atoms with van der Waals surface area (Å²) in [4.78, 5) is 51.1. The third-order valence-corrected chi connectivity index (χ3v) is 4.73. The van der Waals surface area contributed by atoms with E-state index in [1.807, 2.05) is 0 Å². The first-order valence-electron chi connectivity index (χ1n) is 7.86. The highest BCUT2D eigenvalue weighted by Crippen LogP contribution is 2.24. The first kappa shape index (κ1) is 18.5. The van der Waals surface area contributed by atoms with Crippen LogP contribution in [0.3, 0.4) is 0 Å². The number of anilines is 1. The largest absolute Gasteiger partial charge is 0.433 e. The lowest BCUT2D eigenvalue weighted by Gasteiger charge is -2.37. The van der Waals surface area contributed by atoms with Gasteiger partial charge in [-0.05, 0) is 6.07 Å². The number of hydrogen-bond acceptors (Lipinski definition) is 8. The molecule has 1 aliphatic heterocycles. The maximum Gasteiger partial charge on any atom is 0.433 e. The summed E-state index contributed by atoms with van der Waals surface area (Å²) in [5, 5.41) is 17.8. The summed E-state index contributed by atoms with van der Waals surface area (Å²) in [6, 6.07) is 2.34. The summed E-state index contributed by atoms with van der Waals surface area (Å²) in [6.45, 7) is 0.352. The number of thiazole rings is 1. The first-order valence-corrected chi connectivity index (χ1v) is 8.74. The Hall–Kier alpha value is -3.28. The standard InChI is InChI=1S/C15H15N5O6S/c1-16-11(21)4-9-7-27-15(17-9)18-13(22)8-5-19(6-8)14(23)10-2-3-12(26-10)20(24)25/h2-3,7-8H,4-6H2,1H3,(H,16,21)(H,17,18,22). The number of furan rings is 1. The van der Waals surface area contributed by atoms with Crippen molar-refractivity contribution in [3.63, 3.8) is 0 Å². The van der Waals surface area contributed by atoms with E-state index < -0.39 is 22.6 Å². The number of hydrogen-bond donors (Lipinski definition) is 2. The Morgan fingerprint density at radius 2 is 2.15 bits per heavy atom. The van der Waals surface area contributed by atoms with Crippen LogP contribution in [0.1, 0.15) is 16.2 Å². The molecule has 0 atom stereocenters. The zero-order chi connectivity index (χ0) is 19.6. The molecule has 1 fully saturated rings. The number of carbonyl (C=O) groups excluding carboxylic acids is 3. The molecular weight excluding hydrogens is 378 g/mol. The molecule has 3 rings (SSSR count). The average molecular weight is 393 g/mol. The summed E-state index contributed by atoms with van der Waals surface area (Å²) < 4.78 is 4.87. The van der Waals surface area contributed by atoms with E-state index in [9.17, 15) is 24.5 Å². The Labute approximate surface area is 156 Å². The van der Waals surface area contributed by atoms with Crippen molar-refractivity contribution >= 4 is 40.1 Å². The monoisotopic (exact) mass is 393 g/mol. The predicted octanol–water partition coefficient (Wildman–Crippen LogP) is 0.643. The molecule has 2 N–H and O–H groups in total. The van der Waals surface area contributed by atoms with Crippen molar-refractivity contribution in [2.75, 3.05) is 25.5 Å². The fourth-order valence-electron chi connectivity index (χ4n) is 2.41. The molecule has 1 saturated heterocycles. The molecule has 0 aliphatic carbocycles. The molecule has 0 bridgehead atoms. The zero-order valence-corrected chi connectivity index (χ0v) is 14.9. The number of rotatable bonds is 6. The van der Waals surface area contributed by atoms with Crippen LogP contribution in [0.4, 0.5) is 11.0 Å². The molecule has 0 aromatic carbocycles. The van der Waals surface area contributed by atoms with Gasteiger partial charge in [0.1, 0.15) is 4.92 Å². The van der Waals surface area contributed by atoms with Gasteiger partial charge in [0.05, 0.1) is 24.1 Å². The van der Waals surface area contributed by atoms with Crippen molar-refractivity contribution in [3.8, 4) is 0 Å². The quantitative estimate of drug-likeness (QED) is 0.540. The highest BCUT2D eigenvalue weighted by molar-refractivity contribution is 7.13. The molecule has 2 aromatic heterocycles. The van der Waals surface area contributed by atoms with Gasteiger partial charge in [-0.1, -0.05) is 0 Å². The minimum Gasteiger partial charge on any atom is -0.395 e. The Morgan fingerprint density at radius 3 is 2.78 bits per heavy atom. The summed E-state index contributed by atoms with van der Waals surface area (Å²) in [5.41, 5.74) is 0.555. The molecule has 142 valence electrons. The van der Waals surface area contributed by atoms with Crippen LogP contribution in [0.2, 0.25) is 0 Å². The molecule has 11 nitrogen and oxygen atoms in total. The molecule has 0 unspecified atom stereocenters. The Morgan fingerprint density at radius 1 is 1.41 bits per heavy atom. The number of amides is 3. The van der Waals surface area contributed by atoms with Gasteiger partial charge in [-0.25, -0.2) is 4.98 Å². The second-order valence-corrected chi connectivity index (χ2v) is 6.64. The topological polar surface area (TPSA) is 148 Å². The van der Waals surface area contributed by atoms with Gasteiger partial charge in [0.15, 0.2) is 10.9 Å². The van der Waals surface area contributed by atoms with Crippen molar-refractivity contribution in [1.82, 2.24) is 15.2 Å². The number of nitrogens with one attached hydrogen (secondary N) is 2. The van der Waals surface area contributed by atoms with Crippen molar-refractivity contribution in [2.24, 2.45) is 5.92 Å². The van der Waals surface area contributed by atoms with E-state index in [0.29, 0.717) is 10.8 Å². The van der Waals surface area contributed by atoms with Crippen LogP contribution in [0.15, 0.2) is 21.9 Å². The molecule has 1 aliphatic rings. The van der Waals surface area contributed by atoms with Crippen LogP contribution in [0.5, 0.6) is 0 Å². The number of aromatic nitrogens is 1. The Balaban J connectivity index is 1.50. The molecule has 3 amide bonds. The van der Waals surface area contributed by atoms with E-state index in [4.69, 9.17) is 4.42 Å². The maximum atomic E-state index is 12.2. The summed E-state index contributed by atoms with van der Waals surface area (Å²) in [5.74, 6) is -2.03. The van der Waals surface area contributed by atoms with E-state index >= 15 is 0 Å². The van der Waals surface area contributed by atoms with Gasteiger partial charge in [-0.15, -0.1) is 11.3 Å². The van der Waals surface area contributed by atoms with Gasteiger partial charge in [-0.3, -0.25) is 24.5 Å². The van der Waals surface area contributed by atoms with Crippen LogP contribution >= 0.6 is 11.3 Å². The number of likely N-dealkylation sites (tertiary alicyclic amines) is 1. The highest BCUT2D eigenvalue weighted by Gasteiger charge is 2.37. The highest BCUT2D eigenvalue weighted by atomic mass is 32.1. The Bertz CT molecular complexity index is 900. The molecule has 27 heavy (non-hydrogen) atoms. The van der Waals surface area contributed by atoms with E-state index in [-0.39, 0.29) is 37.1 Å². The van der Waals surface area contributed by atoms with Crippen molar-refractivity contribution in [2.45, 2.75) is 6.42 Å². The van der Waals surface area contributed by atoms with E-state index in [0.717, 1.165) is 6.07 Å². The number of nitro groups is 1. The lowest BCUT2D eigenvalue weighted by Crippen LogP contribution is -2.54. The number of likely N-dealkylation sites (N-methyl/N-ethyl adjacent to an activating group) is 1. The van der Waals surface area contributed by atoms with E-state index in [1.165, 1.54) is 29.4 Å². The van der Waals surface area contributed by atoms with E-state index in [1.54, 1.807) is 5.38 Å². The average Bonchev–Trinajstić information content (AvgIpc) is 3.22. The summed E-state index contributed by atoms with van der Waals surface area (Å²) in [6.07, 6.45) is 0.129. The summed E-state index contributed by atoms with van der Waals surface area (Å²) >= 11 is 1.21. The second-order valence-electron chi connectivity index (χ2n) is 5.79. The minimum atomic E-state index is -0.727. The minimum absolute atomic E-state index is 0.129. The van der Waals surface area contributed by atoms with Crippen LogP contribution in [0, 0.1) is 16.0 Å². The Kier molecular flexibility index (Phi) is 5.16. The third kappa shape index (κ3) is 4.11. The van der Waals surface area contributed by atoms with Gasteiger partial charge in [0.25, 0.3) is 5.91 Å². The van der Waals surface area contributed by atoms with Crippen molar-refractivity contribution < 1.29 is 23.7 Å². The lowest BCUT2D eigenvalue weighted by atomic mass is 9.99. The van der Waals surface area contributed by atoms with Crippen LogP contribution in [-0.2, 0) is 16.0 Å². The van der Waals surface area contributed by atoms with Gasteiger partial charge >= 0.3 is 5.88 Å². The predicted molar refractivity (Wildman–Crippen MR) is 93.3 cm³/mol. The fraction of sp³-hybridized carbons (Fsp3) is 0.333. The van der Waals surface area contributed by atoms with Crippen LogP contribution < -0.4 is 10.6 Å². The lowest BCUT2D eigenvalue weighted by molar-refractivity contribution is -0.402. The van der Waals surface area contributed by atoms with Gasteiger partial charge in [-0.2, -0.15) is 0 Å². The van der Waals surface area contributed by atoms with Crippen LogP contribution in [0.25, 0.3) is 0 Å². The second kappa shape index (κ2) is 7.53. The van der Waals surface area contributed by atoms with Crippen molar-refractivity contribution in [1.29, 1.82) is 0 Å². The molecule has 0 spiro atoms. The molecular formula is C15H15N5O6S. The molecule has 0 radical (unpaired) electrons. The molecule has 0 saturated carbocycles. The van der Waals surface area contributed by atoms with Gasteiger partial charge in [0, 0.05) is 25.5 Å². The normalized spacial score (nSPS) is 13.7. The third-order valence-electron chi connectivity index (χ3n) is 3.92. The first-order chi connectivity index (χ1) is 12.9. The zero-order valence-electron chi connectivity index (χ0n) is 14.1. The number of carbonyl (C=O) groups is 3. The number of nitrogens with zero attached hydrogens (tertiary/aromatic N) is 3. The van der Waals surface area contributed by atoms with Crippen LogP contribution in [-0.4, -0.2) is 52.7 Å². The maximum absolute atomic E-state index is 12.2. The van der Waals surface area contributed by atoms with Gasteiger partial charge in [0.2, 0.25) is 11.8 Å². The van der Waals surface area contributed by atoms with E-state index in [2.05, 4.69) is 15.6 Å². The smallest absolute Gasteiger partial charge is 0.395 e.